The second-order valence-electron chi connectivity index (χ2n) is 6.56. The lowest BCUT2D eigenvalue weighted by Crippen LogP contribution is -2.49. The Bertz CT molecular complexity index is 864. The van der Waals surface area contributed by atoms with Gasteiger partial charge in [-0.3, -0.25) is 0 Å². The van der Waals surface area contributed by atoms with Crippen LogP contribution in [-0.4, -0.2) is 66.8 Å². The van der Waals surface area contributed by atoms with Crippen molar-refractivity contribution < 1.29 is 19.1 Å². The molecule has 1 aliphatic heterocycles. The molecule has 1 fully saturated rings. The van der Waals surface area contributed by atoms with Gasteiger partial charge in [0.1, 0.15) is 5.82 Å². The molecule has 0 unspecified atom stereocenters. The summed E-state index contributed by atoms with van der Waals surface area (Å²) < 4.78 is 9.77. The average molecular weight is 399 g/mol. The highest BCUT2D eigenvalue weighted by molar-refractivity contribution is 5.89. The Morgan fingerprint density at radius 2 is 1.79 bits per heavy atom. The van der Waals surface area contributed by atoms with Crippen molar-refractivity contribution in [2.45, 2.75) is 13.8 Å². The number of carbonyl (C=O) groups is 2. The van der Waals surface area contributed by atoms with Crippen LogP contribution in [-0.2, 0) is 9.47 Å². The molecule has 0 bridgehead atoms. The maximum atomic E-state index is 11.9. The SMILES string of the molecule is CCOC(=O)N1CCN(c2cc(C)nc(Nc3ccc(C(=O)OC)cc3)n2)CC1. The van der Waals surface area contributed by atoms with Crippen molar-refractivity contribution in [3.05, 3.63) is 41.6 Å². The second kappa shape index (κ2) is 9.22. The molecule has 0 aliphatic carbocycles. The highest BCUT2D eigenvalue weighted by atomic mass is 16.6. The first kappa shape index (κ1) is 20.4. The highest BCUT2D eigenvalue weighted by Crippen LogP contribution is 2.20. The van der Waals surface area contributed by atoms with Crippen LogP contribution in [0.4, 0.5) is 22.2 Å². The monoisotopic (exact) mass is 399 g/mol. The standard InChI is InChI=1S/C20H25N5O4/c1-4-29-20(27)25-11-9-24(10-12-25)17-13-14(2)21-19(23-17)22-16-7-5-15(6-8-16)18(26)28-3/h5-8,13H,4,9-12H2,1-3H3,(H,21,22,23). The molecule has 0 atom stereocenters. The molecule has 0 radical (unpaired) electrons. The summed E-state index contributed by atoms with van der Waals surface area (Å²) in [5, 5.41) is 3.17. The Kier molecular flexibility index (Phi) is 6.48. The number of piperazine rings is 1. The number of esters is 1. The summed E-state index contributed by atoms with van der Waals surface area (Å²) in [6.45, 7) is 6.59. The maximum absolute atomic E-state index is 11.9. The molecular weight excluding hydrogens is 374 g/mol. The number of nitrogens with zero attached hydrogens (tertiary/aromatic N) is 4. The van der Waals surface area contributed by atoms with Crippen LogP contribution >= 0.6 is 0 Å². The van der Waals surface area contributed by atoms with E-state index in [0.717, 1.165) is 17.2 Å². The fourth-order valence-electron chi connectivity index (χ4n) is 3.04. The van der Waals surface area contributed by atoms with Crippen molar-refractivity contribution in [3.63, 3.8) is 0 Å². The number of carbonyl (C=O) groups excluding carboxylic acids is 2. The molecule has 154 valence electrons. The summed E-state index contributed by atoms with van der Waals surface area (Å²) in [4.78, 5) is 36.3. The topological polar surface area (TPSA) is 96.9 Å². The van der Waals surface area contributed by atoms with Crippen molar-refractivity contribution in [3.8, 4) is 0 Å². The maximum Gasteiger partial charge on any atom is 0.409 e. The lowest BCUT2D eigenvalue weighted by molar-refractivity contribution is 0.0600. The third-order valence-corrected chi connectivity index (χ3v) is 4.53. The molecule has 1 aliphatic rings. The fourth-order valence-corrected chi connectivity index (χ4v) is 3.04. The Balaban J connectivity index is 1.67. The minimum absolute atomic E-state index is 0.274. The quantitative estimate of drug-likeness (QED) is 0.767. The van der Waals surface area contributed by atoms with Crippen LogP contribution in [0.3, 0.4) is 0 Å². The molecule has 1 aromatic heterocycles. The van der Waals surface area contributed by atoms with E-state index >= 15 is 0 Å². The largest absolute Gasteiger partial charge is 0.465 e. The molecule has 1 saturated heterocycles. The van der Waals surface area contributed by atoms with E-state index in [0.29, 0.717) is 44.3 Å². The van der Waals surface area contributed by atoms with E-state index in [1.54, 1.807) is 36.1 Å². The molecule has 1 amide bonds. The molecule has 0 saturated carbocycles. The van der Waals surface area contributed by atoms with E-state index < -0.39 is 0 Å². The number of benzene rings is 1. The van der Waals surface area contributed by atoms with E-state index in [2.05, 4.69) is 20.2 Å². The van der Waals surface area contributed by atoms with Gasteiger partial charge in [-0.05, 0) is 38.1 Å². The normalized spacial score (nSPS) is 13.8. The van der Waals surface area contributed by atoms with Crippen molar-refractivity contribution >= 4 is 29.5 Å². The Morgan fingerprint density at radius 1 is 1.10 bits per heavy atom. The van der Waals surface area contributed by atoms with E-state index in [9.17, 15) is 9.59 Å². The number of rotatable bonds is 5. The number of ether oxygens (including phenoxy) is 2. The van der Waals surface area contributed by atoms with Gasteiger partial charge in [0, 0.05) is 43.6 Å². The van der Waals surface area contributed by atoms with Gasteiger partial charge in [0.2, 0.25) is 5.95 Å². The zero-order valence-corrected chi connectivity index (χ0v) is 16.8. The number of methoxy groups -OCH3 is 1. The van der Waals surface area contributed by atoms with Crippen molar-refractivity contribution in [1.82, 2.24) is 14.9 Å². The molecule has 9 heteroatoms. The van der Waals surface area contributed by atoms with Gasteiger partial charge in [-0.1, -0.05) is 0 Å². The molecule has 2 aromatic rings. The predicted molar refractivity (Wildman–Crippen MR) is 109 cm³/mol. The van der Waals surface area contributed by atoms with Gasteiger partial charge in [0.05, 0.1) is 19.3 Å². The van der Waals surface area contributed by atoms with Crippen LogP contribution in [0, 0.1) is 6.92 Å². The van der Waals surface area contributed by atoms with E-state index in [-0.39, 0.29) is 12.1 Å². The zero-order chi connectivity index (χ0) is 20.8. The smallest absolute Gasteiger partial charge is 0.409 e. The third kappa shape index (κ3) is 5.13. The second-order valence-corrected chi connectivity index (χ2v) is 6.56. The van der Waals surface area contributed by atoms with Gasteiger partial charge in [-0.25, -0.2) is 14.6 Å². The van der Waals surface area contributed by atoms with Crippen LogP contribution in [0.15, 0.2) is 30.3 Å². The van der Waals surface area contributed by atoms with Gasteiger partial charge in [0.15, 0.2) is 0 Å². The molecule has 9 nitrogen and oxygen atoms in total. The van der Waals surface area contributed by atoms with Crippen LogP contribution in [0.1, 0.15) is 23.0 Å². The van der Waals surface area contributed by atoms with Crippen LogP contribution in [0.25, 0.3) is 0 Å². The summed E-state index contributed by atoms with van der Waals surface area (Å²) in [5.74, 6) is 0.890. The number of amides is 1. The average Bonchev–Trinajstić information content (AvgIpc) is 2.73. The van der Waals surface area contributed by atoms with E-state index in [1.165, 1.54) is 7.11 Å². The zero-order valence-electron chi connectivity index (χ0n) is 16.8. The molecule has 2 heterocycles. The van der Waals surface area contributed by atoms with Crippen molar-refractivity contribution in [2.24, 2.45) is 0 Å². The predicted octanol–water partition coefficient (Wildman–Crippen LogP) is 2.59. The molecular formula is C20H25N5O4. The van der Waals surface area contributed by atoms with Gasteiger partial charge >= 0.3 is 12.1 Å². The molecule has 29 heavy (non-hydrogen) atoms. The van der Waals surface area contributed by atoms with Crippen LogP contribution in [0.2, 0.25) is 0 Å². The van der Waals surface area contributed by atoms with Gasteiger partial charge in [-0.15, -0.1) is 0 Å². The summed E-state index contributed by atoms with van der Waals surface area (Å²) >= 11 is 0. The summed E-state index contributed by atoms with van der Waals surface area (Å²) in [5.41, 5.74) is 2.07. The minimum atomic E-state index is -0.382. The lowest BCUT2D eigenvalue weighted by Gasteiger charge is -2.34. The molecule has 3 rings (SSSR count). The number of anilines is 3. The first-order valence-corrected chi connectivity index (χ1v) is 9.48. The molecule has 1 aromatic carbocycles. The van der Waals surface area contributed by atoms with Gasteiger partial charge in [0.25, 0.3) is 0 Å². The van der Waals surface area contributed by atoms with Gasteiger partial charge < -0.3 is 24.6 Å². The third-order valence-electron chi connectivity index (χ3n) is 4.53. The number of hydrogen-bond acceptors (Lipinski definition) is 8. The Hall–Kier alpha value is -3.36. The fraction of sp³-hybridized carbons (Fsp3) is 0.400. The first-order valence-electron chi connectivity index (χ1n) is 9.48. The number of aromatic nitrogens is 2. The van der Waals surface area contributed by atoms with Crippen LogP contribution < -0.4 is 10.2 Å². The van der Waals surface area contributed by atoms with E-state index in [4.69, 9.17) is 9.47 Å². The molecule has 1 N–H and O–H groups in total. The van der Waals surface area contributed by atoms with Crippen LogP contribution in [0.5, 0.6) is 0 Å². The Labute approximate surface area is 169 Å². The van der Waals surface area contributed by atoms with E-state index in [1.807, 2.05) is 13.0 Å². The lowest BCUT2D eigenvalue weighted by atomic mass is 10.2. The highest BCUT2D eigenvalue weighted by Gasteiger charge is 2.23. The molecule has 0 spiro atoms. The number of hydrogen-bond donors (Lipinski definition) is 1. The number of aryl methyl sites for hydroxylation is 1. The van der Waals surface area contributed by atoms with Crippen molar-refractivity contribution in [2.75, 3.05) is 50.1 Å². The summed E-state index contributed by atoms with van der Waals surface area (Å²) in [6, 6.07) is 8.83. The van der Waals surface area contributed by atoms with Gasteiger partial charge in [-0.2, -0.15) is 4.98 Å². The Morgan fingerprint density at radius 3 is 2.41 bits per heavy atom. The first-order chi connectivity index (χ1) is 14.0. The summed E-state index contributed by atoms with van der Waals surface area (Å²) in [6.07, 6.45) is -0.274. The summed E-state index contributed by atoms with van der Waals surface area (Å²) in [7, 11) is 1.35. The van der Waals surface area contributed by atoms with Crippen molar-refractivity contribution in [1.29, 1.82) is 0 Å². The minimum Gasteiger partial charge on any atom is -0.465 e. The number of nitrogens with one attached hydrogen (secondary N) is 1.